The quantitative estimate of drug-likeness (QED) is 0.583. The van der Waals surface area contributed by atoms with Crippen molar-refractivity contribution < 1.29 is 19.1 Å². The zero-order valence-corrected chi connectivity index (χ0v) is 17.7. The summed E-state index contributed by atoms with van der Waals surface area (Å²) in [6.07, 6.45) is 4.13. The SMILES string of the molecule is COc1ccc(CCC(C)NC(=O)CCCOc2ccc3c(c2)CCC(=O)N3)cc1. The summed E-state index contributed by atoms with van der Waals surface area (Å²) in [7, 11) is 1.66. The average molecular weight is 411 g/mol. The number of ether oxygens (including phenoxy) is 2. The molecule has 2 aromatic rings. The number of anilines is 1. The van der Waals surface area contributed by atoms with Crippen LogP contribution in [0.25, 0.3) is 0 Å². The van der Waals surface area contributed by atoms with Crippen LogP contribution >= 0.6 is 0 Å². The molecule has 1 aliphatic rings. The van der Waals surface area contributed by atoms with Gasteiger partial charge in [-0.1, -0.05) is 12.1 Å². The first-order chi connectivity index (χ1) is 14.5. The molecule has 6 heteroatoms. The third-order valence-electron chi connectivity index (χ3n) is 5.22. The van der Waals surface area contributed by atoms with E-state index < -0.39 is 0 Å². The molecule has 1 atom stereocenters. The Labute approximate surface area is 178 Å². The highest BCUT2D eigenvalue weighted by Gasteiger charge is 2.15. The van der Waals surface area contributed by atoms with E-state index in [9.17, 15) is 9.59 Å². The van der Waals surface area contributed by atoms with Gasteiger partial charge in [0.05, 0.1) is 13.7 Å². The minimum atomic E-state index is 0.0500. The molecule has 2 N–H and O–H groups in total. The van der Waals surface area contributed by atoms with E-state index in [1.807, 2.05) is 37.3 Å². The molecule has 0 saturated carbocycles. The lowest BCUT2D eigenvalue weighted by atomic mass is 10.0. The molecule has 2 amide bonds. The van der Waals surface area contributed by atoms with E-state index in [4.69, 9.17) is 9.47 Å². The molecular formula is C24H30N2O4. The number of hydrogen-bond acceptors (Lipinski definition) is 4. The van der Waals surface area contributed by atoms with Gasteiger partial charge in [-0.3, -0.25) is 9.59 Å². The van der Waals surface area contributed by atoms with Crippen molar-refractivity contribution >= 4 is 17.5 Å². The number of carbonyl (C=O) groups excluding carboxylic acids is 2. The van der Waals surface area contributed by atoms with E-state index in [2.05, 4.69) is 22.8 Å². The molecule has 1 heterocycles. The molecule has 1 aliphatic heterocycles. The maximum atomic E-state index is 12.2. The number of methoxy groups -OCH3 is 1. The minimum Gasteiger partial charge on any atom is -0.497 e. The zero-order chi connectivity index (χ0) is 21.3. The number of rotatable bonds is 10. The first-order valence-electron chi connectivity index (χ1n) is 10.5. The highest BCUT2D eigenvalue weighted by Crippen LogP contribution is 2.26. The van der Waals surface area contributed by atoms with Crippen molar-refractivity contribution in [2.45, 2.75) is 51.5 Å². The number of nitrogens with one attached hydrogen (secondary N) is 2. The lowest BCUT2D eigenvalue weighted by molar-refractivity contribution is -0.122. The lowest BCUT2D eigenvalue weighted by Crippen LogP contribution is -2.32. The van der Waals surface area contributed by atoms with E-state index in [1.54, 1.807) is 7.11 Å². The summed E-state index contributed by atoms with van der Waals surface area (Å²) in [5.41, 5.74) is 3.19. The first-order valence-corrected chi connectivity index (χ1v) is 10.5. The molecule has 3 rings (SSSR count). The summed E-state index contributed by atoms with van der Waals surface area (Å²) in [4.78, 5) is 23.6. The second-order valence-corrected chi connectivity index (χ2v) is 7.67. The van der Waals surface area contributed by atoms with Crippen LogP contribution in [0.15, 0.2) is 42.5 Å². The third kappa shape index (κ3) is 6.51. The largest absolute Gasteiger partial charge is 0.497 e. The number of aryl methyl sites for hydroxylation is 2. The van der Waals surface area contributed by atoms with Crippen LogP contribution in [0.1, 0.15) is 43.7 Å². The Bertz CT molecular complexity index is 864. The van der Waals surface area contributed by atoms with Crippen LogP contribution in [-0.2, 0) is 22.4 Å². The Morgan fingerprint density at radius 3 is 2.67 bits per heavy atom. The van der Waals surface area contributed by atoms with Gasteiger partial charge in [0, 0.05) is 24.6 Å². The number of benzene rings is 2. The van der Waals surface area contributed by atoms with Gasteiger partial charge in [0.1, 0.15) is 11.5 Å². The lowest BCUT2D eigenvalue weighted by Gasteiger charge is -2.17. The topological polar surface area (TPSA) is 76.7 Å². The molecule has 0 saturated heterocycles. The first kappa shape index (κ1) is 21.7. The van der Waals surface area contributed by atoms with Gasteiger partial charge in [-0.15, -0.1) is 0 Å². The summed E-state index contributed by atoms with van der Waals surface area (Å²) in [5.74, 6) is 1.73. The molecule has 30 heavy (non-hydrogen) atoms. The molecule has 6 nitrogen and oxygen atoms in total. The van der Waals surface area contributed by atoms with Crippen LogP contribution in [0.2, 0.25) is 0 Å². The molecule has 1 unspecified atom stereocenters. The Morgan fingerprint density at radius 1 is 1.13 bits per heavy atom. The molecule has 0 aromatic heterocycles. The van der Waals surface area contributed by atoms with Crippen molar-refractivity contribution in [3.05, 3.63) is 53.6 Å². The van der Waals surface area contributed by atoms with Crippen molar-refractivity contribution in [1.82, 2.24) is 5.32 Å². The predicted octanol–water partition coefficient (Wildman–Crippen LogP) is 3.88. The summed E-state index contributed by atoms with van der Waals surface area (Å²) < 4.78 is 10.9. The summed E-state index contributed by atoms with van der Waals surface area (Å²) >= 11 is 0. The molecule has 0 bridgehead atoms. The van der Waals surface area contributed by atoms with Crippen molar-refractivity contribution in [1.29, 1.82) is 0 Å². The normalized spacial score (nSPS) is 13.7. The van der Waals surface area contributed by atoms with Crippen molar-refractivity contribution in [2.75, 3.05) is 19.0 Å². The van der Waals surface area contributed by atoms with Gasteiger partial charge in [-0.05, 0) is 74.1 Å². The zero-order valence-electron chi connectivity index (χ0n) is 17.7. The van der Waals surface area contributed by atoms with E-state index in [-0.39, 0.29) is 17.9 Å². The second-order valence-electron chi connectivity index (χ2n) is 7.67. The van der Waals surface area contributed by atoms with Crippen LogP contribution in [0, 0.1) is 0 Å². The maximum absolute atomic E-state index is 12.2. The fourth-order valence-electron chi connectivity index (χ4n) is 3.47. The fourth-order valence-corrected chi connectivity index (χ4v) is 3.47. The van der Waals surface area contributed by atoms with E-state index >= 15 is 0 Å². The van der Waals surface area contributed by atoms with Gasteiger partial charge in [0.25, 0.3) is 0 Å². The fraction of sp³-hybridized carbons (Fsp3) is 0.417. The van der Waals surface area contributed by atoms with Gasteiger partial charge in [-0.25, -0.2) is 0 Å². The molecule has 0 fully saturated rings. The molecule has 0 aliphatic carbocycles. The van der Waals surface area contributed by atoms with E-state index in [0.717, 1.165) is 42.0 Å². The summed E-state index contributed by atoms with van der Waals surface area (Å²) in [6, 6.07) is 13.8. The van der Waals surface area contributed by atoms with Crippen LogP contribution in [0.5, 0.6) is 11.5 Å². The Morgan fingerprint density at radius 2 is 1.90 bits per heavy atom. The monoisotopic (exact) mass is 410 g/mol. The molecule has 2 aromatic carbocycles. The van der Waals surface area contributed by atoms with E-state index in [1.165, 1.54) is 5.56 Å². The van der Waals surface area contributed by atoms with Crippen molar-refractivity contribution in [3.63, 3.8) is 0 Å². The van der Waals surface area contributed by atoms with Gasteiger partial charge < -0.3 is 20.1 Å². The van der Waals surface area contributed by atoms with Crippen LogP contribution in [0.4, 0.5) is 5.69 Å². The van der Waals surface area contributed by atoms with Crippen LogP contribution in [-0.4, -0.2) is 31.6 Å². The summed E-state index contributed by atoms with van der Waals surface area (Å²) in [6.45, 7) is 2.52. The number of carbonyl (C=O) groups is 2. The molecule has 0 radical (unpaired) electrons. The highest BCUT2D eigenvalue weighted by molar-refractivity contribution is 5.94. The van der Waals surface area contributed by atoms with Crippen molar-refractivity contribution in [3.8, 4) is 11.5 Å². The number of hydrogen-bond donors (Lipinski definition) is 2. The summed E-state index contributed by atoms with van der Waals surface area (Å²) in [5, 5.41) is 5.92. The van der Waals surface area contributed by atoms with Gasteiger partial charge in [-0.2, -0.15) is 0 Å². The van der Waals surface area contributed by atoms with Crippen LogP contribution in [0.3, 0.4) is 0 Å². The Kier molecular flexibility index (Phi) is 7.71. The Hall–Kier alpha value is -3.02. The third-order valence-corrected chi connectivity index (χ3v) is 5.22. The van der Waals surface area contributed by atoms with Gasteiger partial charge in [0.15, 0.2) is 0 Å². The smallest absolute Gasteiger partial charge is 0.224 e. The molecule has 0 spiro atoms. The minimum absolute atomic E-state index is 0.0500. The molecular weight excluding hydrogens is 380 g/mol. The van der Waals surface area contributed by atoms with Crippen LogP contribution < -0.4 is 20.1 Å². The van der Waals surface area contributed by atoms with Crippen molar-refractivity contribution in [2.24, 2.45) is 0 Å². The number of fused-ring (bicyclic) bond motifs is 1. The average Bonchev–Trinajstić information content (AvgIpc) is 2.75. The molecule has 160 valence electrons. The second kappa shape index (κ2) is 10.7. The Balaban J connectivity index is 1.32. The van der Waals surface area contributed by atoms with Gasteiger partial charge >= 0.3 is 0 Å². The highest BCUT2D eigenvalue weighted by atomic mass is 16.5. The van der Waals surface area contributed by atoms with Gasteiger partial charge in [0.2, 0.25) is 11.8 Å². The standard InChI is InChI=1S/C24H30N2O4/c1-17(5-6-18-7-10-20(29-2)11-8-18)25-23(27)4-3-15-30-21-12-13-22-19(16-21)9-14-24(28)26-22/h7-8,10-13,16-17H,3-6,9,14-15H2,1-2H3,(H,25,27)(H,26,28). The predicted molar refractivity (Wildman–Crippen MR) is 117 cm³/mol. The maximum Gasteiger partial charge on any atom is 0.224 e. The van der Waals surface area contributed by atoms with E-state index in [0.29, 0.717) is 25.9 Å². The number of amides is 2.